The highest BCUT2D eigenvalue weighted by Gasteiger charge is 2.27. The molecule has 0 saturated heterocycles. The van der Waals surface area contributed by atoms with E-state index >= 15 is 0 Å². The lowest BCUT2D eigenvalue weighted by molar-refractivity contribution is -0.125. The molecular formula is C14H19ClF2N2O2. The lowest BCUT2D eigenvalue weighted by Gasteiger charge is -2.11. The first kappa shape index (κ1) is 17.7. The maximum Gasteiger partial charge on any atom is 0.387 e. The predicted octanol–water partition coefficient (Wildman–Crippen LogP) is 2.45. The number of nitrogens with one attached hydrogen (secondary N) is 1. The number of amides is 1. The van der Waals surface area contributed by atoms with Crippen LogP contribution in [0.25, 0.3) is 0 Å². The molecule has 0 spiro atoms. The summed E-state index contributed by atoms with van der Waals surface area (Å²) in [5.74, 6) is 0.0262. The number of halogens is 3. The van der Waals surface area contributed by atoms with Crippen molar-refractivity contribution in [2.45, 2.75) is 38.5 Å². The molecule has 118 valence electrons. The minimum atomic E-state index is -2.85. The third kappa shape index (κ3) is 5.47. The molecule has 0 heterocycles. The second kappa shape index (κ2) is 8.14. The third-order valence-electron chi connectivity index (χ3n) is 3.43. The second-order valence-corrected chi connectivity index (χ2v) is 5.01. The highest BCUT2D eigenvalue weighted by molar-refractivity contribution is 5.85. The minimum absolute atomic E-state index is 0. The molecule has 4 nitrogen and oxygen atoms in total. The summed E-state index contributed by atoms with van der Waals surface area (Å²) >= 11 is 0. The van der Waals surface area contributed by atoms with Gasteiger partial charge in [-0.25, -0.2) is 0 Å². The number of carbonyl (C=O) groups excluding carboxylic acids is 1. The van der Waals surface area contributed by atoms with Gasteiger partial charge >= 0.3 is 6.61 Å². The van der Waals surface area contributed by atoms with E-state index in [0.717, 1.165) is 18.4 Å². The van der Waals surface area contributed by atoms with Crippen LogP contribution < -0.4 is 15.8 Å². The molecule has 1 aromatic carbocycles. The van der Waals surface area contributed by atoms with Gasteiger partial charge in [-0.3, -0.25) is 4.79 Å². The predicted molar refractivity (Wildman–Crippen MR) is 77.5 cm³/mol. The van der Waals surface area contributed by atoms with E-state index in [-0.39, 0.29) is 36.0 Å². The molecule has 21 heavy (non-hydrogen) atoms. The van der Waals surface area contributed by atoms with Crippen molar-refractivity contribution in [1.82, 2.24) is 5.32 Å². The standard InChI is InChI=1S/C14H18F2N2O2.ClH/c15-14(16)20-12-3-1-2-9(6-12)8-18-13(19)10-4-5-11(17)7-10;/h1-3,6,10-11,14H,4-5,7-8,17H2,(H,18,19);1H. The Morgan fingerprint density at radius 2 is 2.19 bits per heavy atom. The van der Waals surface area contributed by atoms with Gasteiger partial charge in [-0.2, -0.15) is 8.78 Å². The van der Waals surface area contributed by atoms with E-state index in [9.17, 15) is 13.6 Å². The Kier molecular flexibility index (Phi) is 6.84. The van der Waals surface area contributed by atoms with E-state index in [1.54, 1.807) is 12.1 Å². The lowest BCUT2D eigenvalue weighted by atomic mass is 10.1. The van der Waals surface area contributed by atoms with Gasteiger partial charge in [-0.15, -0.1) is 12.4 Å². The zero-order valence-electron chi connectivity index (χ0n) is 11.4. The van der Waals surface area contributed by atoms with Gasteiger partial charge in [-0.1, -0.05) is 12.1 Å². The molecule has 0 aromatic heterocycles. The molecule has 2 atom stereocenters. The first-order valence-corrected chi connectivity index (χ1v) is 6.61. The van der Waals surface area contributed by atoms with Gasteiger partial charge in [0.25, 0.3) is 0 Å². The molecule has 1 fully saturated rings. The third-order valence-corrected chi connectivity index (χ3v) is 3.43. The first-order valence-electron chi connectivity index (χ1n) is 6.61. The van der Waals surface area contributed by atoms with Crippen molar-refractivity contribution >= 4 is 18.3 Å². The van der Waals surface area contributed by atoms with Gasteiger partial charge in [0, 0.05) is 18.5 Å². The molecule has 7 heteroatoms. The summed E-state index contributed by atoms with van der Waals surface area (Å²) in [5, 5.41) is 2.80. The van der Waals surface area contributed by atoms with E-state index in [2.05, 4.69) is 10.1 Å². The molecule has 0 bridgehead atoms. The van der Waals surface area contributed by atoms with Crippen molar-refractivity contribution in [2.24, 2.45) is 11.7 Å². The topological polar surface area (TPSA) is 64.4 Å². The Labute approximate surface area is 128 Å². The summed E-state index contributed by atoms with van der Waals surface area (Å²) in [6, 6.07) is 6.41. The largest absolute Gasteiger partial charge is 0.435 e. The molecule has 1 aliphatic carbocycles. The maximum absolute atomic E-state index is 12.1. The van der Waals surface area contributed by atoms with Crippen molar-refractivity contribution in [3.05, 3.63) is 29.8 Å². The summed E-state index contributed by atoms with van der Waals surface area (Å²) in [6.07, 6.45) is 2.39. The first-order chi connectivity index (χ1) is 9.54. The summed E-state index contributed by atoms with van der Waals surface area (Å²) in [6.45, 7) is -2.55. The number of alkyl halides is 2. The van der Waals surface area contributed by atoms with Crippen LogP contribution in [-0.2, 0) is 11.3 Å². The Balaban J connectivity index is 0.00000220. The van der Waals surface area contributed by atoms with Crippen LogP contribution in [0.15, 0.2) is 24.3 Å². The van der Waals surface area contributed by atoms with Crippen molar-refractivity contribution in [2.75, 3.05) is 0 Å². The Morgan fingerprint density at radius 3 is 2.81 bits per heavy atom. The average molecular weight is 321 g/mol. The van der Waals surface area contributed by atoms with Crippen LogP contribution in [0, 0.1) is 5.92 Å². The fraction of sp³-hybridized carbons (Fsp3) is 0.500. The van der Waals surface area contributed by atoms with Crippen LogP contribution in [0.1, 0.15) is 24.8 Å². The number of nitrogens with two attached hydrogens (primary N) is 1. The molecule has 0 aliphatic heterocycles. The highest BCUT2D eigenvalue weighted by atomic mass is 35.5. The van der Waals surface area contributed by atoms with Gasteiger partial charge in [-0.05, 0) is 37.0 Å². The summed E-state index contributed by atoms with van der Waals surface area (Å²) in [5.41, 5.74) is 6.49. The van der Waals surface area contributed by atoms with Crippen molar-refractivity contribution in [3.63, 3.8) is 0 Å². The number of rotatable bonds is 5. The molecule has 1 saturated carbocycles. The van der Waals surface area contributed by atoms with Crippen LogP contribution in [0.2, 0.25) is 0 Å². The number of ether oxygens (including phenoxy) is 1. The van der Waals surface area contributed by atoms with Gasteiger partial charge in [0.15, 0.2) is 0 Å². The minimum Gasteiger partial charge on any atom is -0.435 e. The molecule has 0 radical (unpaired) electrons. The molecule has 2 unspecified atom stereocenters. The van der Waals surface area contributed by atoms with Crippen LogP contribution in [-0.4, -0.2) is 18.6 Å². The molecule has 1 amide bonds. The van der Waals surface area contributed by atoms with Gasteiger partial charge in [0.05, 0.1) is 0 Å². The van der Waals surface area contributed by atoms with Crippen LogP contribution >= 0.6 is 12.4 Å². The highest BCUT2D eigenvalue weighted by Crippen LogP contribution is 2.24. The van der Waals surface area contributed by atoms with Crippen molar-refractivity contribution in [1.29, 1.82) is 0 Å². The number of hydrogen-bond donors (Lipinski definition) is 2. The van der Waals surface area contributed by atoms with E-state index in [1.807, 2.05) is 0 Å². The van der Waals surface area contributed by atoms with Gasteiger partial charge in [0.1, 0.15) is 5.75 Å². The number of carbonyl (C=O) groups is 1. The number of benzene rings is 1. The molecule has 1 aromatic rings. The zero-order valence-corrected chi connectivity index (χ0v) is 12.2. The smallest absolute Gasteiger partial charge is 0.387 e. The fourth-order valence-corrected chi connectivity index (χ4v) is 2.42. The molecular weight excluding hydrogens is 302 g/mol. The van der Waals surface area contributed by atoms with Crippen molar-refractivity contribution in [3.8, 4) is 5.75 Å². The quantitative estimate of drug-likeness (QED) is 0.876. The van der Waals surface area contributed by atoms with Crippen LogP contribution in [0.3, 0.4) is 0 Å². The Bertz CT molecular complexity index is 474. The molecule has 1 aliphatic rings. The van der Waals surface area contributed by atoms with E-state index in [1.165, 1.54) is 12.1 Å². The SMILES string of the molecule is Cl.NC1CCC(C(=O)NCc2cccc(OC(F)F)c2)C1. The lowest BCUT2D eigenvalue weighted by Crippen LogP contribution is -2.30. The zero-order chi connectivity index (χ0) is 14.5. The molecule has 2 rings (SSSR count). The molecule has 3 N–H and O–H groups in total. The second-order valence-electron chi connectivity index (χ2n) is 5.01. The normalized spacial score (nSPS) is 21.0. The van der Waals surface area contributed by atoms with E-state index in [0.29, 0.717) is 13.0 Å². The summed E-state index contributed by atoms with van der Waals surface area (Å²) in [7, 11) is 0. The summed E-state index contributed by atoms with van der Waals surface area (Å²) in [4.78, 5) is 11.9. The Morgan fingerprint density at radius 1 is 1.43 bits per heavy atom. The maximum atomic E-state index is 12.1. The van der Waals surface area contributed by atoms with Crippen LogP contribution in [0.5, 0.6) is 5.75 Å². The van der Waals surface area contributed by atoms with Crippen LogP contribution in [0.4, 0.5) is 8.78 Å². The number of hydrogen-bond acceptors (Lipinski definition) is 3. The average Bonchev–Trinajstić information content (AvgIpc) is 2.82. The Hall–Kier alpha value is -1.40. The van der Waals surface area contributed by atoms with E-state index in [4.69, 9.17) is 5.73 Å². The fourth-order valence-electron chi connectivity index (χ4n) is 2.42. The van der Waals surface area contributed by atoms with Gasteiger partial charge in [0.2, 0.25) is 5.91 Å². The van der Waals surface area contributed by atoms with Gasteiger partial charge < -0.3 is 15.8 Å². The summed E-state index contributed by atoms with van der Waals surface area (Å²) < 4.78 is 28.5. The monoisotopic (exact) mass is 320 g/mol. The van der Waals surface area contributed by atoms with Crippen molar-refractivity contribution < 1.29 is 18.3 Å². The van der Waals surface area contributed by atoms with E-state index < -0.39 is 6.61 Å².